The minimum absolute atomic E-state index is 0.331. The molecular formula is C10H8ClN5OS. The summed E-state index contributed by atoms with van der Waals surface area (Å²) in [5.74, 6) is 0.699. The molecule has 2 heterocycles. The average molecular weight is 282 g/mol. The van der Waals surface area contributed by atoms with Crippen LogP contribution in [0.4, 0.5) is 17.5 Å². The molecule has 0 saturated heterocycles. The van der Waals surface area contributed by atoms with E-state index in [1.807, 2.05) is 0 Å². The number of rotatable bonds is 4. The number of aromatic nitrogens is 3. The van der Waals surface area contributed by atoms with Crippen molar-refractivity contribution in [2.45, 2.75) is 0 Å². The maximum Gasteiger partial charge on any atom is 0.229 e. The van der Waals surface area contributed by atoms with Gasteiger partial charge in [0, 0.05) is 12.3 Å². The van der Waals surface area contributed by atoms with Crippen LogP contribution in [-0.2, 0) is 4.79 Å². The molecule has 92 valence electrons. The Kier molecular flexibility index (Phi) is 3.96. The van der Waals surface area contributed by atoms with Gasteiger partial charge in [-0.1, -0.05) is 24.4 Å². The van der Waals surface area contributed by atoms with Gasteiger partial charge in [0.15, 0.2) is 5.82 Å². The van der Waals surface area contributed by atoms with Gasteiger partial charge in [0.1, 0.15) is 5.15 Å². The third-order valence-electron chi connectivity index (χ3n) is 1.96. The number of carbonyl (C=O) groups is 1. The van der Waals surface area contributed by atoms with Crippen LogP contribution in [0.2, 0.25) is 5.15 Å². The molecule has 1 N–H and O–H groups in total. The Morgan fingerprint density at radius 2 is 2.17 bits per heavy atom. The zero-order chi connectivity index (χ0) is 13.0. The number of halogens is 1. The fourth-order valence-corrected chi connectivity index (χ4v) is 1.39. The van der Waals surface area contributed by atoms with Gasteiger partial charge in [-0.3, -0.25) is 4.79 Å². The predicted octanol–water partition coefficient (Wildman–Crippen LogP) is 2.08. The summed E-state index contributed by atoms with van der Waals surface area (Å²) in [5.41, 5.74) is 0.688. The van der Waals surface area contributed by atoms with Crippen LogP contribution in [0.15, 0.2) is 30.6 Å². The lowest BCUT2D eigenvalue weighted by molar-refractivity contribution is -0.106. The van der Waals surface area contributed by atoms with E-state index in [0.717, 1.165) is 4.31 Å². The number of hydrogen-bond acceptors (Lipinski definition) is 6. The van der Waals surface area contributed by atoms with E-state index in [4.69, 9.17) is 11.6 Å². The van der Waals surface area contributed by atoms with Gasteiger partial charge in [-0.2, -0.15) is 4.98 Å². The summed E-state index contributed by atoms with van der Waals surface area (Å²) in [7, 11) is 0. The highest BCUT2D eigenvalue weighted by Gasteiger charge is 2.04. The molecule has 2 aromatic heterocycles. The van der Waals surface area contributed by atoms with E-state index >= 15 is 0 Å². The molecule has 0 saturated carbocycles. The van der Waals surface area contributed by atoms with Crippen molar-refractivity contribution in [3.8, 4) is 0 Å². The number of nitrogens with zero attached hydrogens (tertiary/aromatic N) is 4. The van der Waals surface area contributed by atoms with Crippen molar-refractivity contribution >= 4 is 48.3 Å². The molecule has 0 radical (unpaired) electrons. The van der Waals surface area contributed by atoms with Gasteiger partial charge in [0.05, 0.1) is 11.9 Å². The second-order valence-electron chi connectivity index (χ2n) is 3.18. The van der Waals surface area contributed by atoms with Crippen molar-refractivity contribution in [2.24, 2.45) is 0 Å². The number of anilines is 3. The molecule has 0 fully saturated rings. The molecule has 0 spiro atoms. The normalized spacial score (nSPS) is 9.89. The second kappa shape index (κ2) is 5.65. The predicted molar refractivity (Wildman–Crippen MR) is 72.1 cm³/mol. The van der Waals surface area contributed by atoms with Gasteiger partial charge in [0.2, 0.25) is 12.4 Å². The lowest BCUT2D eigenvalue weighted by atomic mass is 10.4. The molecule has 2 rings (SSSR count). The van der Waals surface area contributed by atoms with Crippen LogP contribution < -0.4 is 9.62 Å². The number of hydrogen-bond donors (Lipinski definition) is 2. The van der Waals surface area contributed by atoms with Crippen LogP contribution in [0.3, 0.4) is 0 Å². The minimum Gasteiger partial charge on any atom is -0.323 e. The number of carbonyl (C=O) groups excluding carboxylic acids is 1. The fourth-order valence-electron chi connectivity index (χ4n) is 1.17. The summed E-state index contributed by atoms with van der Waals surface area (Å²) in [6.45, 7) is 0. The molecule has 0 aromatic carbocycles. The maximum absolute atomic E-state index is 10.6. The third-order valence-corrected chi connectivity index (χ3v) is 2.48. The van der Waals surface area contributed by atoms with E-state index in [-0.39, 0.29) is 0 Å². The zero-order valence-electron chi connectivity index (χ0n) is 8.99. The topological polar surface area (TPSA) is 71.0 Å². The standard InChI is InChI=1S/C10H8ClN5OS/c11-8-2-1-7(5-13-8)14-10-12-4-3-9(15-10)16(18)6-17/h1-6,18H,(H,12,14,15). The van der Waals surface area contributed by atoms with Gasteiger partial charge in [-0.15, -0.1) is 0 Å². The molecule has 6 nitrogen and oxygen atoms in total. The quantitative estimate of drug-likeness (QED) is 0.510. The van der Waals surface area contributed by atoms with Crippen LogP contribution in [0, 0.1) is 0 Å². The Labute approximate surface area is 114 Å². The molecule has 8 heteroatoms. The highest BCUT2D eigenvalue weighted by atomic mass is 35.5. The monoisotopic (exact) mass is 281 g/mol. The summed E-state index contributed by atoms with van der Waals surface area (Å²) < 4.78 is 1.05. The Bertz CT molecular complexity index is 550. The van der Waals surface area contributed by atoms with Crippen LogP contribution in [0.25, 0.3) is 0 Å². The van der Waals surface area contributed by atoms with Crippen molar-refractivity contribution < 1.29 is 4.79 Å². The average Bonchev–Trinajstić information content (AvgIpc) is 2.41. The first-order valence-electron chi connectivity index (χ1n) is 4.84. The van der Waals surface area contributed by atoms with Crippen molar-refractivity contribution in [2.75, 3.05) is 9.62 Å². The van der Waals surface area contributed by atoms with E-state index < -0.39 is 0 Å². The van der Waals surface area contributed by atoms with E-state index in [9.17, 15) is 4.79 Å². The van der Waals surface area contributed by atoms with Crippen LogP contribution in [0.1, 0.15) is 0 Å². The van der Waals surface area contributed by atoms with Gasteiger partial charge in [-0.25, -0.2) is 14.3 Å². The summed E-state index contributed by atoms with van der Waals surface area (Å²) >= 11 is 9.60. The van der Waals surface area contributed by atoms with Gasteiger partial charge < -0.3 is 5.32 Å². The number of amides is 1. The zero-order valence-corrected chi connectivity index (χ0v) is 10.6. The lowest BCUT2D eigenvalue weighted by Gasteiger charge is -2.09. The smallest absolute Gasteiger partial charge is 0.229 e. The van der Waals surface area contributed by atoms with Crippen molar-refractivity contribution in [1.29, 1.82) is 0 Å². The minimum atomic E-state index is 0.331. The van der Waals surface area contributed by atoms with Crippen molar-refractivity contribution in [3.05, 3.63) is 35.7 Å². The van der Waals surface area contributed by atoms with Gasteiger partial charge in [-0.05, 0) is 12.1 Å². The maximum atomic E-state index is 10.6. The summed E-state index contributed by atoms with van der Waals surface area (Å²) in [5, 5.41) is 3.33. The number of pyridine rings is 1. The molecule has 1 amide bonds. The van der Waals surface area contributed by atoms with Crippen molar-refractivity contribution in [1.82, 2.24) is 15.0 Å². The molecule has 0 aliphatic heterocycles. The fraction of sp³-hybridized carbons (Fsp3) is 0. The lowest BCUT2D eigenvalue weighted by Crippen LogP contribution is -2.09. The molecule has 0 aliphatic rings. The Balaban J connectivity index is 2.19. The van der Waals surface area contributed by atoms with Crippen molar-refractivity contribution in [3.63, 3.8) is 0 Å². The third kappa shape index (κ3) is 3.08. The molecule has 0 atom stereocenters. The SMILES string of the molecule is O=CN(S)c1ccnc(Nc2ccc(Cl)nc2)n1. The highest BCUT2D eigenvalue weighted by molar-refractivity contribution is 7.82. The Hall–Kier alpha value is -1.86. The second-order valence-corrected chi connectivity index (χ2v) is 4.00. The molecule has 18 heavy (non-hydrogen) atoms. The highest BCUT2D eigenvalue weighted by Crippen LogP contribution is 2.16. The largest absolute Gasteiger partial charge is 0.323 e. The van der Waals surface area contributed by atoms with Gasteiger partial charge >= 0.3 is 0 Å². The number of nitrogens with one attached hydrogen (secondary N) is 1. The molecule has 2 aromatic rings. The summed E-state index contributed by atoms with van der Waals surface area (Å²) in [4.78, 5) is 22.6. The van der Waals surface area contributed by atoms with Gasteiger partial charge in [0.25, 0.3) is 0 Å². The van der Waals surface area contributed by atoms with E-state index in [0.29, 0.717) is 29.0 Å². The molecule has 0 bridgehead atoms. The first-order valence-corrected chi connectivity index (χ1v) is 5.62. The Morgan fingerprint density at radius 1 is 1.33 bits per heavy atom. The van der Waals surface area contributed by atoms with Crippen LogP contribution in [0.5, 0.6) is 0 Å². The first-order chi connectivity index (χ1) is 8.69. The Morgan fingerprint density at radius 3 is 2.83 bits per heavy atom. The molecular weight excluding hydrogens is 274 g/mol. The molecule has 0 aliphatic carbocycles. The van der Waals surface area contributed by atoms with Crippen LogP contribution >= 0.6 is 24.4 Å². The first kappa shape index (κ1) is 12.6. The number of thiol groups is 1. The van der Waals surface area contributed by atoms with E-state index in [1.165, 1.54) is 6.20 Å². The molecule has 0 unspecified atom stereocenters. The summed E-state index contributed by atoms with van der Waals surface area (Å²) in [6.07, 6.45) is 3.61. The van der Waals surface area contributed by atoms with Crippen LogP contribution in [-0.4, -0.2) is 21.4 Å². The van der Waals surface area contributed by atoms with E-state index in [1.54, 1.807) is 24.4 Å². The van der Waals surface area contributed by atoms with E-state index in [2.05, 4.69) is 33.1 Å². The summed E-state index contributed by atoms with van der Waals surface area (Å²) in [6, 6.07) is 4.94.